The van der Waals surface area contributed by atoms with Crippen molar-refractivity contribution in [2.75, 3.05) is 25.1 Å². The molecule has 1 aliphatic rings. The van der Waals surface area contributed by atoms with Crippen LogP contribution in [0.4, 0.5) is 0 Å². The molecule has 2 rings (SSSR count). The van der Waals surface area contributed by atoms with E-state index in [0.717, 1.165) is 31.7 Å². The second-order valence-corrected chi connectivity index (χ2v) is 8.54. The number of aromatic nitrogens is 2. The number of aryl methyl sites for hydroxylation is 2. The molecule has 1 fully saturated rings. The number of piperidine rings is 1. The van der Waals surface area contributed by atoms with E-state index in [9.17, 15) is 8.42 Å². The molecule has 0 unspecified atom stereocenters. The third kappa shape index (κ3) is 5.11. The molecule has 0 aliphatic carbocycles. The summed E-state index contributed by atoms with van der Waals surface area (Å²) in [6.07, 6.45) is 5.69. The Kier molecular flexibility index (Phi) is 5.43. The molecule has 0 spiro atoms. The summed E-state index contributed by atoms with van der Waals surface area (Å²) >= 11 is 0. The van der Waals surface area contributed by atoms with Crippen LogP contribution in [0.5, 0.6) is 0 Å². The van der Waals surface area contributed by atoms with Crippen LogP contribution in [-0.4, -0.2) is 54.2 Å². The van der Waals surface area contributed by atoms with Crippen LogP contribution >= 0.6 is 0 Å². The minimum atomic E-state index is -2.85. The van der Waals surface area contributed by atoms with Crippen molar-refractivity contribution in [1.29, 1.82) is 0 Å². The summed E-state index contributed by atoms with van der Waals surface area (Å²) in [6.45, 7) is 6.98. The number of sulfone groups is 1. The van der Waals surface area contributed by atoms with Crippen molar-refractivity contribution >= 4 is 9.84 Å². The highest BCUT2D eigenvalue weighted by molar-refractivity contribution is 7.90. The average molecular weight is 313 g/mol. The van der Waals surface area contributed by atoms with Crippen molar-refractivity contribution in [3.63, 3.8) is 0 Å². The van der Waals surface area contributed by atoms with Gasteiger partial charge in [-0.15, -0.1) is 0 Å². The summed E-state index contributed by atoms with van der Waals surface area (Å²) in [5.74, 6) is 0.288. The summed E-state index contributed by atoms with van der Waals surface area (Å²) in [4.78, 5) is 2.45. The quantitative estimate of drug-likeness (QED) is 0.803. The van der Waals surface area contributed by atoms with Gasteiger partial charge in [0.15, 0.2) is 0 Å². The standard InChI is InChI=1S/C15H27N3O2S/c1-13-11-14(2)18(16-13)12-15-7-4-5-8-17(15)9-6-10-21(3,19)20/h11,15H,4-10,12H2,1-3H3/t15-/m1/s1. The summed E-state index contributed by atoms with van der Waals surface area (Å²) < 4.78 is 24.6. The summed E-state index contributed by atoms with van der Waals surface area (Å²) in [7, 11) is -2.85. The normalized spacial score (nSPS) is 20.8. The first kappa shape index (κ1) is 16.5. The van der Waals surface area contributed by atoms with Gasteiger partial charge in [0.25, 0.3) is 0 Å². The summed E-state index contributed by atoms with van der Waals surface area (Å²) in [5.41, 5.74) is 2.26. The first-order valence-corrected chi connectivity index (χ1v) is 9.84. The maximum atomic E-state index is 11.3. The van der Waals surface area contributed by atoms with E-state index >= 15 is 0 Å². The van der Waals surface area contributed by atoms with E-state index in [2.05, 4.69) is 27.7 Å². The zero-order chi connectivity index (χ0) is 15.5. The van der Waals surface area contributed by atoms with Crippen LogP contribution in [-0.2, 0) is 16.4 Å². The molecule has 0 amide bonds. The van der Waals surface area contributed by atoms with Gasteiger partial charge < -0.3 is 0 Å². The molecule has 21 heavy (non-hydrogen) atoms. The van der Waals surface area contributed by atoms with Gasteiger partial charge in [-0.05, 0) is 52.3 Å². The number of rotatable bonds is 6. The zero-order valence-corrected chi connectivity index (χ0v) is 14.2. The van der Waals surface area contributed by atoms with E-state index in [1.165, 1.54) is 31.2 Å². The largest absolute Gasteiger partial charge is 0.299 e. The van der Waals surface area contributed by atoms with Gasteiger partial charge in [0.05, 0.1) is 18.0 Å². The van der Waals surface area contributed by atoms with Crippen LogP contribution in [0.15, 0.2) is 6.07 Å². The minimum Gasteiger partial charge on any atom is -0.299 e. The molecule has 0 bridgehead atoms. The van der Waals surface area contributed by atoms with Crippen molar-refractivity contribution < 1.29 is 8.42 Å². The molecule has 1 aliphatic heterocycles. The Balaban J connectivity index is 1.94. The lowest BCUT2D eigenvalue weighted by Crippen LogP contribution is -2.43. The monoisotopic (exact) mass is 313 g/mol. The van der Waals surface area contributed by atoms with Gasteiger partial charge in [-0.3, -0.25) is 9.58 Å². The Morgan fingerprint density at radius 3 is 2.71 bits per heavy atom. The average Bonchev–Trinajstić information content (AvgIpc) is 2.68. The van der Waals surface area contributed by atoms with E-state index in [4.69, 9.17) is 0 Å². The molecule has 5 nitrogen and oxygen atoms in total. The van der Waals surface area contributed by atoms with Gasteiger partial charge >= 0.3 is 0 Å². The van der Waals surface area contributed by atoms with Gasteiger partial charge in [-0.1, -0.05) is 6.42 Å². The number of likely N-dealkylation sites (tertiary alicyclic amines) is 1. The first-order valence-electron chi connectivity index (χ1n) is 7.78. The van der Waals surface area contributed by atoms with Crippen LogP contribution in [0, 0.1) is 13.8 Å². The Bertz CT molecular complexity index is 565. The maximum absolute atomic E-state index is 11.3. The Morgan fingerprint density at radius 1 is 1.33 bits per heavy atom. The Labute approximate surface area is 128 Å². The minimum absolute atomic E-state index is 0.288. The lowest BCUT2D eigenvalue weighted by atomic mass is 10.0. The SMILES string of the molecule is Cc1cc(C)n(C[C@H]2CCCCN2CCCS(C)(=O)=O)n1. The van der Waals surface area contributed by atoms with Crippen LogP contribution in [0.25, 0.3) is 0 Å². The van der Waals surface area contributed by atoms with Crippen LogP contribution < -0.4 is 0 Å². The van der Waals surface area contributed by atoms with Gasteiger partial charge in [0.2, 0.25) is 0 Å². The number of hydrogen-bond donors (Lipinski definition) is 0. The first-order chi connectivity index (χ1) is 9.85. The fourth-order valence-electron chi connectivity index (χ4n) is 3.15. The topological polar surface area (TPSA) is 55.2 Å². The van der Waals surface area contributed by atoms with E-state index in [-0.39, 0.29) is 5.75 Å². The Hall–Kier alpha value is -0.880. The molecular formula is C15H27N3O2S. The van der Waals surface area contributed by atoms with Crippen molar-refractivity contribution in [3.8, 4) is 0 Å². The van der Waals surface area contributed by atoms with Gasteiger partial charge in [-0.2, -0.15) is 5.10 Å². The molecule has 0 radical (unpaired) electrons. The van der Waals surface area contributed by atoms with Gasteiger partial charge in [0, 0.05) is 18.0 Å². The lowest BCUT2D eigenvalue weighted by Gasteiger charge is -2.35. The molecule has 120 valence electrons. The second-order valence-electron chi connectivity index (χ2n) is 6.28. The highest BCUT2D eigenvalue weighted by atomic mass is 32.2. The summed E-state index contributed by atoms with van der Waals surface area (Å²) in [6, 6.07) is 2.59. The Morgan fingerprint density at radius 2 is 2.10 bits per heavy atom. The number of hydrogen-bond acceptors (Lipinski definition) is 4. The van der Waals surface area contributed by atoms with E-state index < -0.39 is 9.84 Å². The van der Waals surface area contributed by atoms with Crippen molar-refractivity contribution in [1.82, 2.24) is 14.7 Å². The van der Waals surface area contributed by atoms with Gasteiger partial charge in [0.1, 0.15) is 9.84 Å². The molecule has 0 N–H and O–H groups in total. The smallest absolute Gasteiger partial charge is 0.147 e. The van der Waals surface area contributed by atoms with Crippen LogP contribution in [0.2, 0.25) is 0 Å². The molecule has 0 saturated carbocycles. The van der Waals surface area contributed by atoms with Gasteiger partial charge in [-0.25, -0.2) is 8.42 Å². The predicted octanol–water partition coefficient (Wildman–Crippen LogP) is 1.79. The highest BCUT2D eigenvalue weighted by Gasteiger charge is 2.23. The van der Waals surface area contributed by atoms with Crippen LogP contribution in [0.3, 0.4) is 0 Å². The molecule has 1 aromatic heterocycles. The molecule has 1 aromatic rings. The lowest BCUT2D eigenvalue weighted by molar-refractivity contribution is 0.129. The fraction of sp³-hybridized carbons (Fsp3) is 0.800. The maximum Gasteiger partial charge on any atom is 0.147 e. The van der Waals surface area contributed by atoms with Crippen molar-refractivity contribution in [2.45, 2.75) is 52.1 Å². The van der Waals surface area contributed by atoms with Crippen LogP contribution in [0.1, 0.15) is 37.1 Å². The number of nitrogens with zero attached hydrogens (tertiary/aromatic N) is 3. The van der Waals surface area contributed by atoms with Crippen molar-refractivity contribution in [2.24, 2.45) is 0 Å². The third-order valence-electron chi connectivity index (χ3n) is 4.20. The second kappa shape index (κ2) is 6.92. The molecule has 0 aromatic carbocycles. The summed E-state index contributed by atoms with van der Waals surface area (Å²) in [5, 5.41) is 4.55. The van der Waals surface area contributed by atoms with E-state index in [0.29, 0.717) is 6.04 Å². The third-order valence-corrected chi connectivity index (χ3v) is 5.23. The molecular weight excluding hydrogens is 286 g/mol. The predicted molar refractivity (Wildman–Crippen MR) is 85.2 cm³/mol. The fourth-order valence-corrected chi connectivity index (χ4v) is 3.80. The molecule has 1 atom stereocenters. The molecule has 6 heteroatoms. The highest BCUT2D eigenvalue weighted by Crippen LogP contribution is 2.19. The molecule has 2 heterocycles. The zero-order valence-electron chi connectivity index (χ0n) is 13.4. The van der Waals surface area contributed by atoms with Crippen molar-refractivity contribution in [3.05, 3.63) is 17.5 Å². The van der Waals surface area contributed by atoms with E-state index in [1.807, 2.05) is 6.92 Å². The van der Waals surface area contributed by atoms with E-state index in [1.54, 1.807) is 0 Å². The molecule has 1 saturated heterocycles.